The molecule has 0 saturated heterocycles. The van der Waals surface area contributed by atoms with Gasteiger partial charge in [-0.25, -0.2) is 19.9 Å². The predicted molar refractivity (Wildman–Crippen MR) is 204 cm³/mol. The van der Waals surface area contributed by atoms with Crippen LogP contribution in [0.4, 0.5) is 0 Å². The fraction of sp³-hybridized carbons (Fsp3) is 0. The molecule has 4 heterocycles. The molecule has 232 valence electrons. The van der Waals surface area contributed by atoms with Crippen LogP contribution in [0.25, 0.3) is 99.2 Å². The van der Waals surface area contributed by atoms with Crippen molar-refractivity contribution in [2.75, 3.05) is 0 Å². The van der Waals surface area contributed by atoms with Crippen LogP contribution in [0.5, 0.6) is 0 Å². The summed E-state index contributed by atoms with van der Waals surface area (Å²) in [5, 5.41) is 8.74. The molecule has 0 atom stereocenters. The summed E-state index contributed by atoms with van der Waals surface area (Å²) in [6, 6.07) is 50.8. The fourth-order valence-corrected chi connectivity index (χ4v) is 7.87. The van der Waals surface area contributed by atoms with Gasteiger partial charge in [0, 0.05) is 56.0 Å². The van der Waals surface area contributed by atoms with Gasteiger partial charge in [-0.05, 0) is 41.1 Å². The monoisotopic (exact) mass is 638 g/mol. The van der Waals surface area contributed by atoms with E-state index >= 15 is 0 Å². The third-order valence-electron chi connectivity index (χ3n) is 10.0. The van der Waals surface area contributed by atoms with E-state index in [1.54, 1.807) is 0 Å². The second-order valence-electron chi connectivity index (χ2n) is 12.7. The van der Waals surface area contributed by atoms with Gasteiger partial charge >= 0.3 is 0 Å². The van der Waals surface area contributed by atoms with Crippen molar-refractivity contribution >= 4 is 76.2 Å². The Morgan fingerprint density at radius 2 is 0.960 bits per heavy atom. The lowest BCUT2D eigenvalue weighted by Gasteiger charge is -2.12. The second kappa shape index (κ2) is 10.3. The van der Waals surface area contributed by atoms with E-state index in [4.69, 9.17) is 19.9 Å². The number of fused-ring (bicyclic) bond motifs is 13. The van der Waals surface area contributed by atoms with Crippen LogP contribution in [0.15, 0.2) is 158 Å². The van der Waals surface area contributed by atoms with Crippen molar-refractivity contribution in [1.29, 1.82) is 0 Å². The fourth-order valence-electron chi connectivity index (χ4n) is 7.87. The largest absolute Gasteiger partial charge is 0.309 e. The van der Waals surface area contributed by atoms with Crippen molar-refractivity contribution in [3.8, 4) is 23.0 Å². The van der Waals surface area contributed by atoms with Crippen molar-refractivity contribution in [3.05, 3.63) is 158 Å². The zero-order valence-corrected chi connectivity index (χ0v) is 26.7. The van der Waals surface area contributed by atoms with Gasteiger partial charge in [-0.3, -0.25) is 4.57 Å². The molecule has 0 fully saturated rings. The summed E-state index contributed by atoms with van der Waals surface area (Å²) in [5.41, 5.74) is 8.11. The Balaban J connectivity index is 1.29. The van der Waals surface area contributed by atoms with E-state index in [9.17, 15) is 0 Å². The van der Waals surface area contributed by atoms with Crippen LogP contribution in [0.1, 0.15) is 0 Å². The van der Waals surface area contributed by atoms with E-state index in [1.807, 2.05) is 42.7 Å². The molecule has 50 heavy (non-hydrogen) atoms. The molecule has 4 aromatic heterocycles. The van der Waals surface area contributed by atoms with E-state index in [2.05, 4.69) is 124 Å². The van der Waals surface area contributed by atoms with Gasteiger partial charge in [0.2, 0.25) is 5.95 Å². The summed E-state index contributed by atoms with van der Waals surface area (Å²) in [7, 11) is 0. The first-order valence-electron chi connectivity index (χ1n) is 16.7. The maximum Gasteiger partial charge on any atom is 0.235 e. The lowest BCUT2D eigenvalue weighted by Crippen LogP contribution is -2.03. The summed E-state index contributed by atoms with van der Waals surface area (Å²) in [6.45, 7) is 0. The second-order valence-corrected chi connectivity index (χ2v) is 12.7. The molecule has 0 N–H and O–H groups in total. The number of para-hydroxylation sites is 3. The summed E-state index contributed by atoms with van der Waals surface area (Å²) in [4.78, 5) is 20.6. The molecular formula is C44H26N6. The zero-order valence-electron chi connectivity index (χ0n) is 26.7. The molecule has 0 amide bonds. The van der Waals surface area contributed by atoms with Crippen molar-refractivity contribution in [2.24, 2.45) is 0 Å². The highest BCUT2D eigenvalue weighted by Gasteiger charge is 2.22. The highest BCUT2D eigenvalue weighted by molar-refractivity contribution is 6.26. The molecule has 0 saturated carbocycles. The first kappa shape index (κ1) is 27.1. The van der Waals surface area contributed by atoms with E-state index < -0.39 is 0 Å². The van der Waals surface area contributed by atoms with Crippen molar-refractivity contribution in [3.63, 3.8) is 0 Å². The highest BCUT2D eigenvalue weighted by atomic mass is 15.2. The lowest BCUT2D eigenvalue weighted by atomic mass is 10.0. The Morgan fingerprint density at radius 3 is 1.70 bits per heavy atom. The summed E-state index contributed by atoms with van der Waals surface area (Å²) < 4.78 is 4.60. The third-order valence-corrected chi connectivity index (χ3v) is 10.0. The Hall–Kier alpha value is -6.92. The maximum atomic E-state index is 5.44. The van der Waals surface area contributed by atoms with Crippen LogP contribution in [0.2, 0.25) is 0 Å². The molecule has 7 aromatic carbocycles. The normalized spacial score (nSPS) is 12.0. The summed E-state index contributed by atoms with van der Waals surface area (Å²) in [5.74, 6) is 1.27. The van der Waals surface area contributed by atoms with E-state index in [1.165, 1.54) is 10.8 Å². The standard InChI is InChI=1S/C44H26N6/c1-3-13-27(14-4-1)43-45-25-34-29-17-7-8-18-30(29)35-26-46-44(48-41(35)40(34)47-43)50-36-21-11-9-19-31(36)32-23-24-38-39(42(32)50)33-20-10-12-22-37(33)49(38)28-15-5-2-6-16-28/h1-26H. The number of hydrogen-bond donors (Lipinski definition) is 0. The smallest absolute Gasteiger partial charge is 0.235 e. The van der Waals surface area contributed by atoms with Crippen LogP contribution < -0.4 is 0 Å². The highest BCUT2D eigenvalue weighted by Crippen LogP contribution is 2.42. The van der Waals surface area contributed by atoms with Gasteiger partial charge in [0.15, 0.2) is 5.82 Å². The Morgan fingerprint density at radius 1 is 0.380 bits per heavy atom. The first-order chi connectivity index (χ1) is 24.8. The van der Waals surface area contributed by atoms with Crippen molar-refractivity contribution < 1.29 is 0 Å². The lowest BCUT2D eigenvalue weighted by molar-refractivity contribution is 1.01. The van der Waals surface area contributed by atoms with E-state index in [0.29, 0.717) is 11.8 Å². The van der Waals surface area contributed by atoms with Crippen molar-refractivity contribution in [2.45, 2.75) is 0 Å². The van der Waals surface area contributed by atoms with Gasteiger partial charge in [0.1, 0.15) is 11.0 Å². The average Bonchev–Trinajstić information content (AvgIpc) is 3.71. The molecule has 0 spiro atoms. The minimum Gasteiger partial charge on any atom is -0.309 e. The Kier molecular flexibility index (Phi) is 5.57. The van der Waals surface area contributed by atoms with Gasteiger partial charge in [-0.2, -0.15) is 0 Å². The maximum absolute atomic E-state index is 5.44. The number of nitrogens with zero attached hydrogens (tertiary/aromatic N) is 6. The molecular weight excluding hydrogens is 613 g/mol. The minimum atomic E-state index is 0.601. The van der Waals surface area contributed by atoms with E-state index in [-0.39, 0.29) is 0 Å². The van der Waals surface area contributed by atoms with Gasteiger partial charge in [0.25, 0.3) is 0 Å². The molecule has 0 aliphatic carbocycles. The molecule has 0 aliphatic rings. The molecule has 0 bridgehead atoms. The van der Waals surface area contributed by atoms with Gasteiger partial charge in [-0.15, -0.1) is 0 Å². The molecule has 6 heteroatoms. The zero-order chi connectivity index (χ0) is 32.8. The molecule has 0 radical (unpaired) electrons. The summed E-state index contributed by atoms with van der Waals surface area (Å²) in [6.07, 6.45) is 3.91. The van der Waals surface area contributed by atoms with Crippen LogP contribution in [0.3, 0.4) is 0 Å². The van der Waals surface area contributed by atoms with E-state index in [0.717, 1.165) is 76.7 Å². The third kappa shape index (κ3) is 3.73. The quantitative estimate of drug-likeness (QED) is 0.181. The van der Waals surface area contributed by atoms with Gasteiger partial charge in [-0.1, -0.05) is 115 Å². The Labute approximate surface area is 285 Å². The van der Waals surface area contributed by atoms with Crippen LogP contribution in [-0.4, -0.2) is 29.1 Å². The Bertz CT molecular complexity index is 3140. The minimum absolute atomic E-state index is 0.601. The summed E-state index contributed by atoms with van der Waals surface area (Å²) >= 11 is 0. The van der Waals surface area contributed by atoms with Crippen LogP contribution >= 0.6 is 0 Å². The number of rotatable bonds is 3. The topological polar surface area (TPSA) is 61.4 Å². The molecule has 0 aliphatic heterocycles. The van der Waals surface area contributed by atoms with Gasteiger partial charge < -0.3 is 4.57 Å². The predicted octanol–water partition coefficient (Wildman–Crippen LogP) is 10.6. The van der Waals surface area contributed by atoms with Crippen molar-refractivity contribution in [1.82, 2.24) is 29.1 Å². The molecule has 0 unspecified atom stereocenters. The van der Waals surface area contributed by atoms with Crippen LogP contribution in [-0.2, 0) is 0 Å². The van der Waals surface area contributed by atoms with Gasteiger partial charge in [0.05, 0.1) is 22.1 Å². The number of benzene rings is 7. The SMILES string of the molecule is c1ccc(-c2ncc3c4ccccc4c4cnc(-n5c6ccccc6c6ccc7c(c8ccccc8n7-c7ccccc7)c65)nc4c3n2)cc1. The number of aromatic nitrogens is 6. The van der Waals surface area contributed by atoms with Crippen LogP contribution in [0, 0.1) is 0 Å². The molecule has 11 aromatic rings. The molecule has 6 nitrogen and oxygen atoms in total. The number of hydrogen-bond acceptors (Lipinski definition) is 4. The molecule has 11 rings (SSSR count). The average molecular weight is 639 g/mol. The first-order valence-corrected chi connectivity index (χ1v) is 16.7.